The van der Waals surface area contributed by atoms with Gasteiger partial charge < -0.3 is 10.1 Å². The summed E-state index contributed by atoms with van der Waals surface area (Å²) in [5, 5.41) is 2.58. The summed E-state index contributed by atoms with van der Waals surface area (Å²) >= 11 is 0. The van der Waals surface area contributed by atoms with Crippen LogP contribution in [-0.4, -0.2) is 33.4 Å². The zero-order chi connectivity index (χ0) is 23.1. The summed E-state index contributed by atoms with van der Waals surface area (Å²) in [5.74, 6) is -1.86. The molecule has 7 nitrogen and oxygen atoms in total. The summed E-state index contributed by atoms with van der Waals surface area (Å²) in [7, 11) is -4.18. The zero-order valence-electron chi connectivity index (χ0n) is 17.2. The number of ether oxygens (including phenoxy) is 1. The van der Waals surface area contributed by atoms with E-state index in [9.17, 15) is 22.4 Å². The summed E-state index contributed by atoms with van der Waals surface area (Å²) in [6.45, 7) is 1.26. The van der Waals surface area contributed by atoms with E-state index in [2.05, 4.69) is 5.32 Å². The summed E-state index contributed by atoms with van der Waals surface area (Å²) in [6, 6.07) is 18.7. The largest absolute Gasteiger partial charge is 0.462 e. The van der Waals surface area contributed by atoms with Crippen LogP contribution in [0.5, 0.6) is 0 Å². The fourth-order valence-corrected chi connectivity index (χ4v) is 4.36. The van der Waals surface area contributed by atoms with Gasteiger partial charge in [-0.15, -0.1) is 0 Å². The second kappa shape index (κ2) is 10.1. The molecule has 0 aromatic heterocycles. The first-order valence-corrected chi connectivity index (χ1v) is 11.2. The van der Waals surface area contributed by atoms with E-state index < -0.39 is 34.3 Å². The molecule has 1 amide bonds. The van der Waals surface area contributed by atoms with Gasteiger partial charge in [-0.25, -0.2) is 17.6 Å². The number of para-hydroxylation sites is 2. The first kappa shape index (κ1) is 23.0. The molecule has 0 atom stereocenters. The van der Waals surface area contributed by atoms with Crippen molar-refractivity contribution >= 4 is 33.3 Å². The van der Waals surface area contributed by atoms with Gasteiger partial charge in [0.1, 0.15) is 12.4 Å². The Labute approximate surface area is 185 Å². The van der Waals surface area contributed by atoms with Crippen molar-refractivity contribution in [1.29, 1.82) is 0 Å². The van der Waals surface area contributed by atoms with Crippen molar-refractivity contribution in [2.75, 3.05) is 22.8 Å². The number of esters is 1. The normalized spacial score (nSPS) is 10.9. The second-order valence-corrected chi connectivity index (χ2v) is 8.48. The van der Waals surface area contributed by atoms with Crippen LogP contribution >= 0.6 is 0 Å². The fourth-order valence-electron chi connectivity index (χ4n) is 2.94. The lowest BCUT2D eigenvalue weighted by Gasteiger charge is -2.24. The maximum atomic E-state index is 13.3. The predicted molar refractivity (Wildman–Crippen MR) is 118 cm³/mol. The summed E-state index contributed by atoms with van der Waals surface area (Å²) in [4.78, 5) is 24.8. The first-order valence-electron chi connectivity index (χ1n) is 9.72. The predicted octanol–water partition coefficient (Wildman–Crippen LogP) is 3.84. The minimum Gasteiger partial charge on any atom is -0.462 e. The number of sulfonamides is 1. The Morgan fingerprint density at radius 2 is 1.56 bits per heavy atom. The number of nitrogens with zero attached hydrogens (tertiary/aromatic N) is 1. The van der Waals surface area contributed by atoms with E-state index in [0.717, 1.165) is 28.6 Å². The fraction of sp³-hybridized carbons (Fsp3) is 0.130. The SMILES string of the molecule is CCOC(=O)c1ccccc1NC(=O)CN(c1ccccc1)S(=O)(=O)c1ccc(F)cc1. The van der Waals surface area contributed by atoms with Crippen molar-refractivity contribution in [2.45, 2.75) is 11.8 Å². The lowest BCUT2D eigenvalue weighted by molar-refractivity contribution is -0.114. The van der Waals surface area contributed by atoms with Crippen LogP contribution in [0.25, 0.3) is 0 Å². The topological polar surface area (TPSA) is 92.8 Å². The highest BCUT2D eigenvalue weighted by Crippen LogP contribution is 2.24. The molecule has 0 radical (unpaired) electrons. The number of halogens is 1. The van der Waals surface area contributed by atoms with Crippen molar-refractivity contribution in [2.24, 2.45) is 0 Å². The van der Waals surface area contributed by atoms with Gasteiger partial charge in [-0.1, -0.05) is 30.3 Å². The molecular formula is C23H21FN2O5S. The minimum absolute atomic E-state index is 0.148. The van der Waals surface area contributed by atoms with E-state index in [1.165, 1.54) is 12.1 Å². The summed E-state index contributed by atoms with van der Waals surface area (Å²) in [5.41, 5.74) is 0.601. The van der Waals surface area contributed by atoms with Crippen LogP contribution in [0, 0.1) is 5.82 Å². The molecule has 0 saturated heterocycles. The number of carbonyl (C=O) groups is 2. The lowest BCUT2D eigenvalue weighted by Crippen LogP contribution is -2.38. The Kier molecular flexibility index (Phi) is 7.21. The molecule has 1 N–H and O–H groups in total. The number of benzene rings is 3. The monoisotopic (exact) mass is 456 g/mol. The summed E-state index contributed by atoms with van der Waals surface area (Å²) in [6.07, 6.45) is 0. The van der Waals surface area contributed by atoms with Crippen LogP contribution in [0.4, 0.5) is 15.8 Å². The molecule has 0 aliphatic carbocycles. The third kappa shape index (κ3) is 5.30. The molecule has 0 bridgehead atoms. The van der Waals surface area contributed by atoms with E-state index >= 15 is 0 Å². The second-order valence-electron chi connectivity index (χ2n) is 6.62. The van der Waals surface area contributed by atoms with Gasteiger partial charge in [-0.2, -0.15) is 0 Å². The van der Waals surface area contributed by atoms with E-state index in [4.69, 9.17) is 4.74 Å². The van der Waals surface area contributed by atoms with Gasteiger partial charge in [0.05, 0.1) is 28.4 Å². The highest BCUT2D eigenvalue weighted by Gasteiger charge is 2.27. The maximum absolute atomic E-state index is 13.3. The quantitative estimate of drug-likeness (QED) is 0.520. The van der Waals surface area contributed by atoms with Gasteiger partial charge in [0.2, 0.25) is 5.91 Å². The number of nitrogens with one attached hydrogen (secondary N) is 1. The van der Waals surface area contributed by atoms with Crippen molar-refractivity contribution in [3.05, 3.63) is 90.2 Å². The van der Waals surface area contributed by atoms with E-state index in [0.29, 0.717) is 0 Å². The van der Waals surface area contributed by atoms with Gasteiger partial charge in [-0.05, 0) is 55.5 Å². The van der Waals surface area contributed by atoms with Crippen LogP contribution in [0.1, 0.15) is 17.3 Å². The van der Waals surface area contributed by atoms with Crippen LogP contribution in [0.3, 0.4) is 0 Å². The highest BCUT2D eigenvalue weighted by molar-refractivity contribution is 7.92. The smallest absolute Gasteiger partial charge is 0.340 e. The van der Waals surface area contributed by atoms with Gasteiger partial charge in [0.25, 0.3) is 10.0 Å². The van der Waals surface area contributed by atoms with Crippen LogP contribution in [-0.2, 0) is 19.6 Å². The van der Waals surface area contributed by atoms with Gasteiger partial charge in [0.15, 0.2) is 0 Å². The Morgan fingerprint density at radius 3 is 2.22 bits per heavy atom. The minimum atomic E-state index is -4.18. The molecule has 0 saturated carbocycles. The molecule has 166 valence electrons. The van der Waals surface area contributed by atoms with E-state index in [-0.39, 0.29) is 28.4 Å². The number of hydrogen-bond donors (Lipinski definition) is 1. The van der Waals surface area contributed by atoms with Crippen LogP contribution < -0.4 is 9.62 Å². The molecule has 0 fully saturated rings. The van der Waals surface area contributed by atoms with Crippen molar-refractivity contribution in [1.82, 2.24) is 0 Å². The average Bonchev–Trinajstić information content (AvgIpc) is 2.79. The molecule has 32 heavy (non-hydrogen) atoms. The number of amides is 1. The van der Waals surface area contributed by atoms with Crippen LogP contribution in [0.2, 0.25) is 0 Å². The Bertz CT molecular complexity index is 1200. The number of anilines is 2. The van der Waals surface area contributed by atoms with Crippen molar-refractivity contribution in [3.8, 4) is 0 Å². The molecule has 0 aliphatic heterocycles. The van der Waals surface area contributed by atoms with Gasteiger partial charge in [-0.3, -0.25) is 9.10 Å². The Hall–Kier alpha value is -3.72. The molecule has 3 aromatic rings. The van der Waals surface area contributed by atoms with E-state index in [1.54, 1.807) is 49.4 Å². The third-order valence-electron chi connectivity index (χ3n) is 4.43. The number of carbonyl (C=O) groups excluding carboxylic acids is 2. The van der Waals surface area contributed by atoms with Gasteiger partial charge in [0, 0.05) is 0 Å². The third-order valence-corrected chi connectivity index (χ3v) is 6.22. The first-order chi connectivity index (χ1) is 15.3. The Balaban J connectivity index is 1.91. The molecule has 0 unspecified atom stereocenters. The van der Waals surface area contributed by atoms with Crippen LogP contribution in [0.15, 0.2) is 83.8 Å². The molecular weight excluding hydrogens is 435 g/mol. The molecule has 0 spiro atoms. The molecule has 9 heteroatoms. The molecule has 0 aliphatic rings. The average molecular weight is 456 g/mol. The maximum Gasteiger partial charge on any atom is 0.340 e. The molecule has 0 heterocycles. The van der Waals surface area contributed by atoms with Crippen molar-refractivity contribution < 1.29 is 27.1 Å². The van der Waals surface area contributed by atoms with E-state index in [1.807, 2.05) is 0 Å². The number of rotatable bonds is 8. The highest BCUT2D eigenvalue weighted by atomic mass is 32.2. The van der Waals surface area contributed by atoms with Crippen molar-refractivity contribution in [3.63, 3.8) is 0 Å². The number of hydrogen-bond acceptors (Lipinski definition) is 5. The summed E-state index contributed by atoms with van der Waals surface area (Å²) < 4.78 is 45.7. The zero-order valence-corrected chi connectivity index (χ0v) is 18.0. The molecule has 3 rings (SSSR count). The van der Waals surface area contributed by atoms with Gasteiger partial charge >= 0.3 is 5.97 Å². The lowest BCUT2D eigenvalue weighted by atomic mass is 10.2. The molecule has 3 aromatic carbocycles. The Morgan fingerprint density at radius 1 is 0.938 bits per heavy atom. The standard InChI is InChI=1S/C23H21FN2O5S/c1-2-31-23(28)20-10-6-7-11-21(20)25-22(27)16-26(18-8-4-3-5-9-18)32(29,30)19-14-12-17(24)13-15-19/h3-15H,2,16H2,1H3,(H,25,27).